The van der Waals surface area contributed by atoms with Gasteiger partial charge in [0.2, 0.25) is 0 Å². The minimum atomic E-state index is -0.783. The molecule has 0 spiro atoms. The fraction of sp³-hybridized carbons (Fsp3) is 0.308. The summed E-state index contributed by atoms with van der Waals surface area (Å²) >= 11 is 7.15. The maximum Gasteiger partial charge on any atom is 0.142 e. The summed E-state index contributed by atoms with van der Waals surface area (Å²) in [5.41, 5.74) is 0.501. The fourth-order valence-electron chi connectivity index (χ4n) is 1.66. The monoisotopic (exact) mass is 300 g/mol. The molecule has 102 valence electrons. The molecule has 0 radical (unpaired) electrons. The summed E-state index contributed by atoms with van der Waals surface area (Å²) in [5.74, 6) is -0.522. The molecule has 19 heavy (non-hydrogen) atoms. The van der Waals surface area contributed by atoms with Gasteiger partial charge in [-0.3, -0.25) is 0 Å². The second-order valence-electron chi connectivity index (χ2n) is 4.19. The van der Waals surface area contributed by atoms with Gasteiger partial charge in [0, 0.05) is 18.1 Å². The van der Waals surface area contributed by atoms with E-state index in [0.29, 0.717) is 12.1 Å². The van der Waals surface area contributed by atoms with Crippen molar-refractivity contribution in [3.63, 3.8) is 0 Å². The summed E-state index contributed by atoms with van der Waals surface area (Å²) in [5, 5.41) is 16.1. The molecule has 0 saturated heterocycles. The van der Waals surface area contributed by atoms with E-state index in [4.69, 9.17) is 11.6 Å². The van der Waals surface area contributed by atoms with Gasteiger partial charge < -0.3 is 10.4 Å². The Morgan fingerprint density at radius 2 is 2.32 bits per heavy atom. The Labute approximate surface area is 120 Å². The van der Waals surface area contributed by atoms with Crippen LogP contribution in [0.1, 0.15) is 29.6 Å². The van der Waals surface area contributed by atoms with Crippen LogP contribution in [-0.2, 0) is 0 Å². The molecule has 0 bridgehead atoms. The van der Waals surface area contributed by atoms with Crippen molar-refractivity contribution >= 4 is 22.9 Å². The summed E-state index contributed by atoms with van der Waals surface area (Å²) in [6.07, 6.45) is 0.956. The van der Waals surface area contributed by atoms with Crippen molar-refractivity contribution in [2.75, 3.05) is 6.54 Å². The SMILES string of the molecule is CC(NCC(O)c1ccc(Cl)c(F)c1)c1nccs1. The van der Waals surface area contributed by atoms with Crippen molar-refractivity contribution in [3.8, 4) is 0 Å². The average molecular weight is 301 g/mol. The Bertz CT molecular complexity index is 535. The zero-order valence-electron chi connectivity index (χ0n) is 10.3. The highest BCUT2D eigenvalue weighted by Crippen LogP contribution is 2.21. The van der Waals surface area contributed by atoms with E-state index < -0.39 is 11.9 Å². The van der Waals surface area contributed by atoms with Crippen molar-refractivity contribution in [1.29, 1.82) is 0 Å². The Hall–Kier alpha value is -1.01. The lowest BCUT2D eigenvalue weighted by Gasteiger charge is -2.16. The van der Waals surface area contributed by atoms with E-state index in [-0.39, 0.29) is 11.1 Å². The van der Waals surface area contributed by atoms with Crippen LogP contribution in [0.5, 0.6) is 0 Å². The highest BCUT2D eigenvalue weighted by molar-refractivity contribution is 7.09. The van der Waals surface area contributed by atoms with Crippen LogP contribution in [0.2, 0.25) is 5.02 Å². The summed E-state index contributed by atoms with van der Waals surface area (Å²) < 4.78 is 13.3. The van der Waals surface area contributed by atoms with Gasteiger partial charge >= 0.3 is 0 Å². The Morgan fingerprint density at radius 1 is 1.53 bits per heavy atom. The number of halogens is 2. The van der Waals surface area contributed by atoms with Crippen molar-refractivity contribution in [3.05, 3.63) is 51.2 Å². The van der Waals surface area contributed by atoms with E-state index in [9.17, 15) is 9.50 Å². The molecule has 0 aliphatic carbocycles. The first kappa shape index (κ1) is 14.4. The summed E-state index contributed by atoms with van der Waals surface area (Å²) in [6.45, 7) is 2.29. The summed E-state index contributed by atoms with van der Waals surface area (Å²) in [7, 11) is 0. The van der Waals surface area contributed by atoms with Gasteiger partial charge in [0.1, 0.15) is 10.8 Å². The average Bonchev–Trinajstić information content (AvgIpc) is 2.92. The Kier molecular flexibility index (Phi) is 4.87. The molecular formula is C13H14ClFN2OS. The van der Waals surface area contributed by atoms with Crippen molar-refractivity contribution in [2.45, 2.75) is 19.1 Å². The molecule has 0 fully saturated rings. The van der Waals surface area contributed by atoms with Gasteiger partial charge in [-0.2, -0.15) is 0 Å². The third-order valence-corrected chi connectivity index (χ3v) is 4.03. The van der Waals surface area contributed by atoms with Crippen LogP contribution in [0.3, 0.4) is 0 Å². The van der Waals surface area contributed by atoms with E-state index in [2.05, 4.69) is 10.3 Å². The van der Waals surface area contributed by atoms with Gasteiger partial charge in [-0.1, -0.05) is 17.7 Å². The molecule has 0 aliphatic rings. The quantitative estimate of drug-likeness (QED) is 0.890. The lowest BCUT2D eigenvalue weighted by molar-refractivity contribution is 0.170. The molecule has 2 atom stereocenters. The van der Waals surface area contributed by atoms with E-state index in [1.54, 1.807) is 23.6 Å². The first-order valence-corrected chi connectivity index (χ1v) is 7.09. The number of thiazole rings is 1. The van der Waals surface area contributed by atoms with Gasteiger partial charge in [0.25, 0.3) is 0 Å². The largest absolute Gasteiger partial charge is 0.387 e. The highest BCUT2D eigenvalue weighted by atomic mass is 35.5. The maximum absolute atomic E-state index is 13.3. The number of nitrogens with zero attached hydrogens (tertiary/aromatic N) is 1. The van der Waals surface area contributed by atoms with Crippen molar-refractivity contribution in [1.82, 2.24) is 10.3 Å². The normalized spacial score (nSPS) is 14.3. The summed E-state index contributed by atoms with van der Waals surface area (Å²) in [4.78, 5) is 4.19. The van der Waals surface area contributed by atoms with Crippen LogP contribution < -0.4 is 5.32 Å². The number of nitrogens with one attached hydrogen (secondary N) is 1. The Morgan fingerprint density at radius 3 is 2.95 bits per heavy atom. The highest BCUT2D eigenvalue weighted by Gasteiger charge is 2.13. The molecular weight excluding hydrogens is 287 g/mol. The van der Waals surface area contributed by atoms with E-state index in [0.717, 1.165) is 5.01 Å². The number of hydrogen-bond donors (Lipinski definition) is 2. The first-order chi connectivity index (χ1) is 9.08. The molecule has 0 aliphatic heterocycles. The molecule has 6 heteroatoms. The number of aliphatic hydroxyl groups excluding tert-OH is 1. The zero-order valence-corrected chi connectivity index (χ0v) is 11.9. The number of benzene rings is 1. The first-order valence-electron chi connectivity index (χ1n) is 5.83. The number of hydrogen-bond acceptors (Lipinski definition) is 4. The van der Waals surface area contributed by atoms with E-state index in [1.165, 1.54) is 12.1 Å². The standard InChI is InChI=1S/C13H14ClFN2OS/c1-8(13-16-4-5-19-13)17-7-12(18)9-2-3-10(14)11(15)6-9/h2-6,8,12,17-18H,7H2,1H3. The number of aromatic nitrogens is 1. The second kappa shape index (κ2) is 6.43. The Balaban J connectivity index is 1.93. The zero-order chi connectivity index (χ0) is 13.8. The van der Waals surface area contributed by atoms with E-state index >= 15 is 0 Å². The van der Waals surface area contributed by atoms with Crippen LogP contribution in [0.25, 0.3) is 0 Å². The minimum Gasteiger partial charge on any atom is -0.387 e. The molecule has 2 rings (SSSR count). The second-order valence-corrected chi connectivity index (χ2v) is 5.52. The molecule has 1 aromatic heterocycles. The fourth-order valence-corrected chi connectivity index (χ4v) is 2.45. The molecule has 1 heterocycles. The molecule has 3 nitrogen and oxygen atoms in total. The number of aliphatic hydroxyl groups is 1. The van der Waals surface area contributed by atoms with Crippen molar-refractivity contribution in [2.24, 2.45) is 0 Å². The van der Waals surface area contributed by atoms with Crippen LogP contribution in [-0.4, -0.2) is 16.6 Å². The van der Waals surface area contributed by atoms with Gasteiger partial charge in [-0.25, -0.2) is 9.37 Å². The van der Waals surface area contributed by atoms with Gasteiger partial charge in [0.15, 0.2) is 0 Å². The molecule has 2 aromatic rings. The third kappa shape index (κ3) is 3.73. The lowest BCUT2D eigenvalue weighted by Crippen LogP contribution is -2.24. The lowest BCUT2D eigenvalue weighted by atomic mass is 10.1. The van der Waals surface area contributed by atoms with Crippen LogP contribution in [0.15, 0.2) is 29.8 Å². The molecule has 2 unspecified atom stereocenters. The number of rotatable bonds is 5. The molecule has 0 saturated carbocycles. The molecule has 1 aromatic carbocycles. The predicted octanol–water partition coefficient (Wildman–Crippen LogP) is 3.32. The topological polar surface area (TPSA) is 45.1 Å². The minimum absolute atomic E-state index is 0.0480. The van der Waals surface area contributed by atoms with Gasteiger partial charge in [-0.15, -0.1) is 11.3 Å². The molecule has 0 amide bonds. The van der Waals surface area contributed by atoms with Crippen molar-refractivity contribution < 1.29 is 9.50 Å². The van der Waals surface area contributed by atoms with Crippen LogP contribution >= 0.6 is 22.9 Å². The maximum atomic E-state index is 13.3. The molecule has 2 N–H and O–H groups in total. The van der Waals surface area contributed by atoms with Gasteiger partial charge in [-0.05, 0) is 24.6 Å². The smallest absolute Gasteiger partial charge is 0.142 e. The van der Waals surface area contributed by atoms with Crippen LogP contribution in [0.4, 0.5) is 4.39 Å². The van der Waals surface area contributed by atoms with Crippen LogP contribution in [0, 0.1) is 5.82 Å². The summed E-state index contributed by atoms with van der Waals surface area (Å²) in [6, 6.07) is 4.36. The third-order valence-electron chi connectivity index (χ3n) is 2.77. The van der Waals surface area contributed by atoms with Gasteiger partial charge in [0.05, 0.1) is 17.2 Å². The predicted molar refractivity (Wildman–Crippen MR) is 74.9 cm³/mol. The van der Waals surface area contributed by atoms with E-state index in [1.807, 2.05) is 12.3 Å².